The second-order valence-electron chi connectivity index (χ2n) is 8.93. The van der Waals surface area contributed by atoms with Gasteiger partial charge in [0, 0.05) is 30.6 Å². The van der Waals surface area contributed by atoms with Crippen LogP contribution in [0.15, 0.2) is 72.8 Å². The van der Waals surface area contributed by atoms with Gasteiger partial charge < -0.3 is 19.5 Å². The molecule has 0 spiro atoms. The zero-order valence-electron chi connectivity index (χ0n) is 19.4. The Morgan fingerprint density at radius 3 is 2.00 bits per heavy atom. The number of hydrogen-bond donors (Lipinski definition) is 1. The molecule has 5 nitrogen and oxygen atoms in total. The summed E-state index contributed by atoms with van der Waals surface area (Å²) in [5.74, 6) is 2.11. The molecule has 4 aromatic carbocycles. The Balaban J connectivity index is 1.48. The second kappa shape index (κ2) is 9.64. The molecule has 1 saturated heterocycles. The minimum atomic E-state index is -0.833. The van der Waals surface area contributed by atoms with Crippen LogP contribution in [0.2, 0.25) is 0 Å². The van der Waals surface area contributed by atoms with Gasteiger partial charge in [0.25, 0.3) is 0 Å². The van der Waals surface area contributed by atoms with E-state index in [1.54, 1.807) is 7.11 Å². The highest BCUT2D eigenvalue weighted by Gasteiger charge is 2.23. The van der Waals surface area contributed by atoms with Gasteiger partial charge in [-0.25, -0.2) is 4.79 Å². The fraction of sp³-hybridized carbons (Fsp3) is 0.276. The lowest BCUT2D eigenvalue weighted by molar-refractivity contribution is 0.111. The summed E-state index contributed by atoms with van der Waals surface area (Å²) in [5.41, 5.74) is 2.30. The van der Waals surface area contributed by atoms with Crippen LogP contribution in [0.4, 0.5) is 4.79 Å². The molecule has 0 atom stereocenters. The van der Waals surface area contributed by atoms with E-state index in [2.05, 4.69) is 66.7 Å². The lowest BCUT2D eigenvalue weighted by Crippen LogP contribution is -2.38. The smallest absolute Gasteiger partial charge is 0.407 e. The molecule has 1 N–H and O–H groups in total. The van der Waals surface area contributed by atoms with Crippen LogP contribution >= 0.6 is 0 Å². The molecule has 5 heteroatoms. The van der Waals surface area contributed by atoms with Crippen molar-refractivity contribution in [1.29, 1.82) is 0 Å². The van der Waals surface area contributed by atoms with Gasteiger partial charge in [-0.3, -0.25) is 0 Å². The van der Waals surface area contributed by atoms with Crippen molar-refractivity contribution < 1.29 is 19.4 Å². The summed E-state index contributed by atoms with van der Waals surface area (Å²) in [5, 5.41) is 13.9. The molecule has 1 amide bonds. The zero-order chi connectivity index (χ0) is 23.5. The van der Waals surface area contributed by atoms with Gasteiger partial charge in [-0.05, 0) is 52.4 Å². The highest BCUT2D eigenvalue weighted by atomic mass is 16.5. The standard InChI is InChI=1S/C29H29NO4/c1-33-27-12-10-21-6-2-4-8-23(21)25(27)18-26-24-9-5-3-7-22(24)11-13-28(26)34-19-20-14-16-30(17-15-20)29(31)32/h2-13,20H,14-19H2,1H3,(H,31,32). The number of amides is 1. The third-order valence-corrected chi connectivity index (χ3v) is 6.93. The molecular formula is C29H29NO4. The van der Waals surface area contributed by atoms with Crippen molar-refractivity contribution in [3.63, 3.8) is 0 Å². The highest BCUT2D eigenvalue weighted by Crippen LogP contribution is 2.36. The fourth-order valence-corrected chi connectivity index (χ4v) is 5.00. The molecule has 5 rings (SSSR count). The molecule has 174 valence electrons. The van der Waals surface area contributed by atoms with Crippen LogP contribution in [0.1, 0.15) is 24.0 Å². The van der Waals surface area contributed by atoms with Crippen LogP contribution in [0.3, 0.4) is 0 Å². The van der Waals surface area contributed by atoms with Crippen LogP contribution in [-0.4, -0.2) is 42.9 Å². The van der Waals surface area contributed by atoms with Crippen molar-refractivity contribution in [2.75, 3.05) is 26.8 Å². The van der Waals surface area contributed by atoms with Crippen molar-refractivity contribution in [2.24, 2.45) is 5.92 Å². The van der Waals surface area contributed by atoms with E-state index in [0.29, 0.717) is 32.0 Å². The van der Waals surface area contributed by atoms with E-state index >= 15 is 0 Å². The van der Waals surface area contributed by atoms with Crippen LogP contribution in [0.5, 0.6) is 11.5 Å². The molecule has 1 aliphatic rings. The van der Waals surface area contributed by atoms with Gasteiger partial charge in [-0.2, -0.15) is 0 Å². The Morgan fingerprint density at radius 2 is 1.41 bits per heavy atom. The van der Waals surface area contributed by atoms with Crippen LogP contribution in [0.25, 0.3) is 21.5 Å². The molecule has 0 aromatic heterocycles. The maximum Gasteiger partial charge on any atom is 0.407 e. The number of nitrogens with zero attached hydrogens (tertiary/aromatic N) is 1. The second-order valence-corrected chi connectivity index (χ2v) is 8.93. The predicted octanol–water partition coefficient (Wildman–Crippen LogP) is 6.36. The summed E-state index contributed by atoms with van der Waals surface area (Å²) in [6.45, 7) is 1.73. The Labute approximate surface area is 199 Å². The van der Waals surface area contributed by atoms with E-state index < -0.39 is 6.09 Å². The molecule has 0 aliphatic carbocycles. The van der Waals surface area contributed by atoms with Crippen molar-refractivity contribution in [3.05, 3.63) is 83.9 Å². The van der Waals surface area contributed by atoms with E-state index in [0.717, 1.165) is 35.5 Å². The summed E-state index contributed by atoms with van der Waals surface area (Å²) in [4.78, 5) is 12.7. The Bertz CT molecular complexity index is 1320. The number of carbonyl (C=O) groups is 1. The average Bonchev–Trinajstić information content (AvgIpc) is 2.88. The van der Waals surface area contributed by atoms with Crippen LogP contribution < -0.4 is 9.47 Å². The first kappa shape index (κ1) is 22.1. The molecule has 1 heterocycles. The lowest BCUT2D eigenvalue weighted by Gasteiger charge is -2.30. The number of hydrogen-bond acceptors (Lipinski definition) is 3. The molecule has 34 heavy (non-hydrogen) atoms. The minimum Gasteiger partial charge on any atom is -0.496 e. The zero-order valence-corrected chi connectivity index (χ0v) is 19.4. The van der Waals surface area contributed by atoms with Crippen LogP contribution in [0, 0.1) is 5.92 Å². The molecule has 0 unspecified atom stereocenters. The molecule has 1 fully saturated rings. The topological polar surface area (TPSA) is 59.0 Å². The van der Waals surface area contributed by atoms with Crippen molar-refractivity contribution in [2.45, 2.75) is 19.3 Å². The third kappa shape index (κ3) is 4.38. The van der Waals surface area contributed by atoms with Gasteiger partial charge in [0.2, 0.25) is 0 Å². The maximum absolute atomic E-state index is 11.2. The van der Waals surface area contributed by atoms with E-state index in [9.17, 15) is 9.90 Å². The van der Waals surface area contributed by atoms with Gasteiger partial charge >= 0.3 is 6.09 Å². The third-order valence-electron chi connectivity index (χ3n) is 6.93. The van der Waals surface area contributed by atoms with Gasteiger partial charge in [-0.1, -0.05) is 60.7 Å². The largest absolute Gasteiger partial charge is 0.496 e. The van der Waals surface area contributed by atoms with Gasteiger partial charge in [0.05, 0.1) is 13.7 Å². The van der Waals surface area contributed by atoms with Crippen LogP contribution in [-0.2, 0) is 6.42 Å². The normalized spacial score (nSPS) is 14.4. The van der Waals surface area contributed by atoms with E-state index in [4.69, 9.17) is 9.47 Å². The molecular weight excluding hydrogens is 426 g/mol. The van der Waals surface area contributed by atoms with E-state index in [-0.39, 0.29) is 0 Å². The fourth-order valence-electron chi connectivity index (χ4n) is 5.00. The monoisotopic (exact) mass is 455 g/mol. The number of carboxylic acid groups (broad SMARTS) is 1. The summed E-state index contributed by atoms with van der Waals surface area (Å²) < 4.78 is 12.2. The Hall–Kier alpha value is -3.73. The maximum atomic E-state index is 11.2. The molecule has 4 aromatic rings. The van der Waals surface area contributed by atoms with Gasteiger partial charge in [-0.15, -0.1) is 0 Å². The van der Waals surface area contributed by atoms with E-state index in [1.165, 1.54) is 26.4 Å². The van der Waals surface area contributed by atoms with Crippen molar-refractivity contribution in [1.82, 2.24) is 4.90 Å². The number of ether oxygens (including phenoxy) is 2. The minimum absolute atomic E-state index is 0.349. The molecule has 0 saturated carbocycles. The van der Waals surface area contributed by atoms with E-state index in [1.807, 2.05) is 6.07 Å². The number of fused-ring (bicyclic) bond motifs is 2. The Morgan fingerprint density at radius 1 is 0.853 bits per heavy atom. The number of piperidine rings is 1. The number of methoxy groups -OCH3 is 1. The lowest BCUT2D eigenvalue weighted by atomic mass is 9.93. The SMILES string of the molecule is COc1ccc2ccccc2c1Cc1c(OCC2CCN(C(=O)O)CC2)ccc2ccccc12. The predicted molar refractivity (Wildman–Crippen MR) is 135 cm³/mol. The first-order chi connectivity index (χ1) is 16.6. The average molecular weight is 456 g/mol. The highest BCUT2D eigenvalue weighted by molar-refractivity contribution is 5.91. The molecule has 0 bridgehead atoms. The quantitative estimate of drug-likeness (QED) is 0.367. The summed E-state index contributed by atoms with van der Waals surface area (Å²) in [6.07, 6.45) is 1.51. The summed E-state index contributed by atoms with van der Waals surface area (Å²) >= 11 is 0. The Kier molecular flexibility index (Phi) is 6.26. The van der Waals surface area contributed by atoms with Gasteiger partial charge in [0.1, 0.15) is 11.5 Å². The van der Waals surface area contributed by atoms with Crippen molar-refractivity contribution >= 4 is 27.6 Å². The summed E-state index contributed by atoms with van der Waals surface area (Å²) in [6, 6.07) is 25.1. The first-order valence-electron chi connectivity index (χ1n) is 11.8. The molecule has 0 radical (unpaired) electrons. The number of benzene rings is 4. The molecule has 1 aliphatic heterocycles. The first-order valence-corrected chi connectivity index (χ1v) is 11.8. The van der Waals surface area contributed by atoms with Gasteiger partial charge in [0.15, 0.2) is 0 Å². The van der Waals surface area contributed by atoms with Crippen molar-refractivity contribution in [3.8, 4) is 11.5 Å². The number of rotatable bonds is 6. The summed E-state index contributed by atoms with van der Waals surface area (Å²) in [7, 11) is 1.72. The number of likely N-dealkylation sites (tertiary alicyclic amines) is 1.